The fraction of sp³-hybridized carbons (Fsp3) is 0.400. The van der Waals surface area contributed by atoms with Gasteiger partial charge in [0.15, 0.2) is 5.82 Å². The Morgan fingerprint density at radius 1 is 1.05 bits per heavy atom. The molecular weight excluding hydrogens is 491 g/mol. The van der Waals surface area contributed by atoms with Gasteiger partial charge in [-0.05, 0) is 61.7 Å². The van der Waals surface area contributed by atoms with Gasteiger partial charge in [-0.25, -0.2) is 9.48 Å². The smallest absolute Gasteiger partial charge is 0.497 e. The molecule has 0 radical (unpaired) electrons. The lowest BCUT2D eigenvalue weighted by Crippen LogP contribution is -2.39. The summed E-state index contributed by atoms with van der Waals surface area (Å²) in [5.74, 6) is 0.421. The Morgan fingerprint density at radius 3 is 2.30 bits per heavy atom. The molecule has 0 aliphatic carbocycles. The van der Waals surface area contributed by atoms with Crippen LogP contribution in [0.25, 0.3) is 0 Å². The molecule has 37 heavy (non-hydrogen) atoms. The number of aromatic nitrogens is 3. The third-order valence-corrected chi connectivity index (χ3v) is 5.97. The first-order valence-electron chi connectivity index (χ1n) is 11.9. The van der Waals surface area contributed by atoms with Crippen molar-refractivity contribution in [2.45, 2.75) is 38.7 Å². The molecule has 3 aromatic rings. The van der Waals surface area contributed by atoms with E-state index in [1.54, 1.807) is 30.8 Å². The Bertz CT molecular complexity index is 1170. The molecular formula is C25H28F3N5O4. The number of methoxy groups -OCH3 is 1. The number of carbonyl (C=O) groups excluding carboxylic acids is 1. The number of hydrogen-bond donors (Lipinski definition) is 1. The molecule has 0 amide bonds. The second-order valence-electron chi connectivity index (χ2n) is 8.46. The fourth-order valence-electron chi connectivity index (χ4n) is 4.14. The van der Waals surface area contributed by atoms with Crippen molar-refractivity contribution in [2.75, 3.05) is 37.0 Å². The van der Waals surface area contributed by atoms with E-state index in [-0.39, 0.29) is 24.1 Å². The molecule has 1 aromatic heterocycles. The van der Waals surface area contributed by atoms with Crippen molar-refractivity contribution >= 4 is 17.5 Å². The topological polar surface area (TPSA) is 90.7 Å². The van der Waals surface area contributed by atoms with E-state index in [1.807, 2.05) is 24.3 Å². The van der Waals surface area contributed by atoms with Crippen molar-refractivity contribution in [3.8, 4) is 11.5 Å². The van der Waals surface area contributed by atoms with E-state index in [1.165, 1.54) is 12.1 Å². The van der Waals surface area contributed by atoms with Crippen LogP contribution in [0.1, 0.15) is 35.8 Å². The number of nitrogens with one attached hydrogen (secondary N) is 1. The quantitative estimate of drug-likeness (QED) is 0.414. The molecule has 2 heterocycles. The zero-order valence-corrected chi connectivity index (χ0v) is 20.5. The predicted octanol–water partition coefficient (Wildman–Crippen LogP) is 4.49. The van der Waals surface area contributed by atoms with Crippen LogP contribution in [0.4, 0.5) is 24.7 Å². The number of esters is 1. The van der Waals surface area contributed by atoms with Crippen LogP contribution in [0.15, 0.2) is 48.5 Å². The van der Waals surface area contributed by atoms with Crippen molar-refractivity contribution < 1.29 is 32.2 Å². The number of piperidine rings is 1. The van der Waals surface area contributed by atoms with Crippen LogP contribution in [0.3, 0.4) is 0 Å². The number of nitrogens with zero attached hydrogens (tertiary/aromatic N) is 4. The highest BCUT2D eigenvalue weighted by molar-refractivity contribution is 5.92. The maximum absolute atomic E-state index is 12.5. The molecule has 1 N–H and O–H groups in total. The molecule has 4 rings (SSSR count). The molecule has 0 spiro atoms. The molecule has 2 aromatic carbocycles. The summed E-state index contributed by atoms with van der Waals surface area (Å²) in [5.41, 5.74) is 1.89. The second-order valence-corrected chi connectivity index (χ2v) is 8.46. The summed E-state index contributed by atoms with van der Waals surface area (Å²) in [5, 5.41) is 11.7. The number of anilines is 2. The lowest BCUT2D eigenvalue weighted by molar-refractivity contribution is -0.274. The third-order valence-electron chi connectivity index (χ3n) is 5.97. The van der Waals surface area contributed by atoms with Gasteiger partial charge in [0.1, 0.15) is 11.5 Å². The lowest BCUT2D eigenvalue weighted by Gasteiger charge is -2.34. The standard InChI is InChI=1S/C25H28F3N5O4/c1-3-36-24(34)22-23(33(31-30-22)16-17-4-8-20(35-2)9-5-17)29-18-12-14-32(15-13-18)19-6-10-21(11-7-19)37-25(26,27)28/h4-11,18,29H,3,12-16H2,1-2H3. The van der Waals surface area contributed by atoms with E-state index in [2.05, 4.69) is 25.3 Å². The van der Waals surface area contributed by atoms with E-state index in [0.717, 1.165) is 29.8 Å². The van der Waals surface area contributed by atoms with E-state index in [4.69, 9.17) is 9.47 Å². The van der Waals surface area contributed by atoms with Crippen LogP contribution in [0, 0.1) is 0 Å². The summed E-state index contributed by atoms with van der Waals surface area (Å²) in [7, 11) is 1.60. The molecule has 1 saturated heterocycles. The summed E-state index contributed by atoms with van der Waals surface area (Å²) >= 11 is 0. The number of alkyl halides is 3. The van der Waals surface area contributed by atoms with Crippen molar-refractivity contribution in [3.63, 3.8) is 0 Å². The van der Waals surface area contributed by atoms with Crippen LogP contribution in [-0.2, 0) is 11.3 Å². The SMILES string of the molecule is CCOC(=O)c1nnn(Cc2ccc(OC)cc2)c1NC1CCN(c2ccc(OC(F)(F)F)cc2)CC1. The molecule has 0 atom stereocenters. The van der Waals surface area contributed by atoms with Crippen LogP contribution < -0.4 is 19.7 Å². The van der Waals surface area contributed by atoms with Crippen LogP contribution in [0.5, 0.6) is 11.5 Å². The molecule has 0 bridgehead atoms. The fourth-order valence-corrected chi connectivity index (χ4v) is 4.14. The molecule has 1 fully saturated rings. The van der Waals surface area contributed by atoms with E-state index < -0.39 is 12.3 Å². The minimum Gasteiger partial charge on any atom is -0.497 e. The molecule has 1 aliphatic heterocycles. The summed E-state index contributed by atoms with van der Waals surface area (Å²) in [6.45, 7) is 3.68. The number of halogens is 3. The van der Waals surface area contributed by atoms with Crippen LogP contribution in [0.2, 0.25) is 0 Å². The number of hydrogen-bond acceptors (Lipinski definition) is 8. The Morgan fingerprint density at radius 2 is 1.70 bits per heavy atom. The van der Waals surface area contributed by atoms with Gasteiger partial charge in [0.05, 0.1) is 20.3 Å². The average molecular weight is 520 g/mol. The maximum atomic E-state index is 12.5. The van der Waals surface area contributed by atoms with Gasteiger partial charge < -0.3 is 24.4 Å². The first-order valence-corrected chi connectivity index (χ1v) is 11.9. The van der Waals surface area contributed by atoms with Crippen LogP contribution in [-0.4, -0.2) is 60.2 Å². The average Bonchev–Trinajstić information content (AvgIpc) is 3.26. The van der Waals surface area contributed by atoms with Crippen LogP contribution >= 0.6 is 0 Å². The van der Waals surface area contributed by atoms with E-state index in [9.17, 15) is 18.0 Å². The minimum atomic E-state index is -4.72. The molecule has 9 nitrogen and oxygen atoms in total. The zero-order chi connectivity index (χ0) is 26.4. The Labute approximate surface area is 212 Å². The van der Waals surface area contributed by atoms with Crippen molar-refractivity contribution in [1.29, 1.82) is 0 Å². The number of benzene rings is 2. The predicted molar refractivity (Wildman–Crippen MR) is 130 cm³/mol. The van der Waals surface area contributed by atoms with Gasteiger partial charge in [-0.15, -0.1) is 18.3 Å². The van der Waals surface area contributed by atoms with Crippen molar-refractivity contribution in [1.82, 2.24) is 15.0 Å². The summed E-state index contributed by atoms with van der Waals surface area (Å²) in [6, 6.07) is 13.4. The summed E-state index contributed by atoms with van der Waals surface area (Å²) < 4.78 is 53.2. The third kappa shape index (κ3) is 6.83. The van der Waals surface area contributed by atoms with Gasteiger partial charge in [0.2, 0.25) is 5.69 Å². The first kappa shape index (κ1) is 26.1. The lowest BCUT2D eigenvalue weighted by atomic mass is 10.0. The normalized spacial score (nSPS) is 14.4. The first-order chi connectivity index (χ1) is 17.8. The molecule has 198 valence electrons. The van der Waals surface area contributed by atoms with Gasteiger partial charge in [-0.3, -0.25) is 0 Å². The van der Waals surface area contributed by atoms with E-state index in [0.29, 0.717) is 25.5 Å². The summed E-state index contributed by atoms with van der Waals surface area (Å²) in [6.07, 6.45) is -3.25. The largest absolute Gasteiger partial charge is 0.573 e. The Kier molecular flexibility index (Phi) is 8.04. The Hall–Kier alpha value is -3.96. The van der Waals surface area contributed by atoms with Gasteiger partial charge >= 0.3 is 12.3 Å². The molecule has 0 saturated carbocycles. The molecule has 1 aliphatic rings. The van der Waals surface area contributed by atoms with Crippen molar-refractivity contribution in [2.24, 2.45) is 0 Å². The molecule has 0 unspecified atom stereocenters. The minimum absolute atomic E-state index is 0.0328. The molecule has 12 heteroatoms. The highest BCUT2D eigenvalue weighted by atomic mass is 19.4. The highest BCUT2D eigenvalue weighted by Crippen LogP contribution is 2.28. The van der Waals surface area contributed by atoms with Gasteiger partial charge in [-0.2, -0.15) is 0 Å². The Balaban J connectivity index is 1.43. The maximum Gasteiger partial charge on any atom is 0.573 e. The van der Waals surface area contributed by atoms with Gasteiger partial charge in [0.25, 0.3) is 0 Å². The van der Waals surface area contributed by atoms with Crippen molar-refractivity contribution in [3.05, 3.63) is 59.8 Å². The van der Waals surface area contributed by atoms with Gasteiger partial charge in [0, 0.05) is 24.8 Å². The number of ether oxygens (including phenoxy) is 3. The monoisotopic (exact) mass is 519 g/mol. The van der Waals surface area contributed by atoms with E-state index >= 15 is 0 Å². The van der Waals surface area contributed by atoms with Gasteiger partial charge in [-0.1, -0.05) is 17.3 Å². The number of rotatable bonds is 9. The number of carbonyl (C=O) groups is 1. The summed E-state index contributed by atoms with van der Waals surface area (Å²) in [4.78, 5) is 14.6. The second kappa shape index (κ2) is 11.4. The zero-order valence-electron chi connectivity index (χ0n) is 20.5. The highest BCUT2D eigenvalue weighted by Gasteiger charge is 2.31.